The van der Waals surface area contributed by atoms with E-state index in [0.717, 1.165) is 6.07 Å². The summed E-state index contributed by atoms with van der Waals surface area (Å²) in [7, 11) is -2.70. The van der Waals surface area contributed by atoms with E-state index >= 15 is 0 Å². The van der Waals surface area contributed by atoms with Crippen LogP contribution in [-0.4, -0.2) is 28.1 Å². The van der Waals surface area contributed by atoms with E-state index in [1.807, 2.05) is 0 Å². The monoisotopic (exact) mass is 367 g/mol. The topological polar surface area (TPSA) is 81.7 Å². The molecule has 0 bridgehead atoms. The summed E-state index contributed by atoms with van der Waals surface area (Å²) < 4.78 is 50.6. The molecule has 0 saturated carbocycles. The molecule has 2 aromatic carbocycles. The lowest BCUT2D eigenvalue weighted by Gasteiger charge is -2.12. The zero-order chi connectivity index (χ0) is 18.6. The molecule has 0 amide bonds. The lowest BCUT2D eigenvalue weighted by atomic mass is 10.1. The Balaban J connectivity index is 2.29. The molecule has 6 nitrogen and oxygen atoms in total. The highest BCUT2D eigenvalue weighted by atomic mass is 32.2. The van der Waals surface area contributed by atoms with Crippen LogP contribution in [0, 0.1) is 12.7 Å². The molecule has 0 unspecified atom stereocenters. The lowest BCUT2D eigenvalue weighted by Crippen LogP contribution is -2.14. The number of esters is 1. The van der Waals surface area contributed by atoms with E-state index in [9.17, 15) is 17.6 Å². The van der Waals surface area contributed by atoms with Gasteiger partial charge in [-0.3, -0.25) is 4.72 Å². The number of carbonyl (C=O) groups is 1. The highest BCUT2D eigenvalue weighted by Crippen LogP contribution is 2.24. The van der Waals surface area contributed by atoms with Gasteiger partial charge in [0, 0.05) is 0 Å². The summed E-state index contributed by atoms with van der Waals surface area (Å²) in [5.41, 5.74) is 1.13. The number of ether oxygens (including phenoxy) is 2. The van der Waals surface area contributed by atoms with Crippen molar-refractivity contribution in [3.8, 4) is 5.75 Å². The van der Waals surface area contributed by atoms with Gasteiger partial charge in [-0.1, -0.05) is 0 Å². The summed E-state index contributed by atoms with van der Waals surface area (Å²) in [6, 6.07) is 7.79. The molecule has 1 N–H and O–H groups in total. The quantitative estimate of drug-likeness (QED) is 0.794. The van der Waals surface area contributed by atoms with Crippen molar-refractivity contribution >= 4 is 21.7 Å². The molecule has 0 fully saturated rings. The Morgan fingerprint density at radius 1 is 1.20 bits per heavy atom. The number of hydrogen-bond acceptors (Lipinski definition) is 5. The fraction of sp³-hybridized carbons (Fsp3) is 0.235. The third-order valence-corrected chi connectivity index (χ3v) is 4.78. The first-order chi connectivity index (χ1) is 11.8. The molecular weight excluding hydrogens is 349 g/mol. The molecule has 0 heterocycles. The molecule has 0 spiro atoms. The molecule has 0 radical (unpaired) electrons. The molecule has 0 aliphatic rings. The summed E-state index contributed by atoms with van der Waals surface area (Å²) in [4.78, 5) is 11.5. The molecule has 0 saturated heterocycles. The maximum Gasteiger partial charge on any atom is 0.338 e. The highest BCUT2D eigenvalue weighted by Gasteiger charge is 2.18. The molecular formula is C17H18FNO5S. The number of hydrogen-bond donors (Lipinski definition) is 1. The van der Waals surface area contributed by atoms with E-state index in [-0.39, 0.29) is 22.9 Å². The number of carbonyl (C=O) groups excluding carboxylic acids is 1. The van der Waals surface area contributed by atoms with Crippen molar-refractivity contribution in [1.29, 1.82) is 0 Å². The van der Waals surface area contributed by atoms with Gasteiger partial charge in [-0.2, -0.15) is 0 Å². The van der Waals surface area contributed by atoms with Gasteiger partial charge in [0.25, 0.3) is 10.0 Å². The van der Waals surface area contributed by atoms with E-state index in [4.69, 9.17) is 9.47 Å². The maximum absolute atomic E-state index is 13.7. The van der Waals surface area contributed by atoms with Crippen molar-refractivity contribution in [2.75, 3.05) is 18.4 Å². The molecule has 134 valence electrons. The van der Waals surface area contributed by atoms with Gasteiger partial charge in [0.2, 0.25) is 0 Å². The van der Waals surface area contributed by atoms with Crippen molar-refractivity contribution in [2.45, 2.75) is 18.7 Å². The summed E-state index contributed by atoms with van der Waals surface area (Å²) in [5.74, 6) is -1.31. The number of nitrogens with one attached hydrogen (secondary N) is 1. The molecule has 0 atom stereocenters. The minimum atomic E-state index is -3.99. The highest BCUT2D eigenvalue weighted by molar-refractivity contribution is 7.92. The molecule has 2 rings (SSSR count). The third kappa shape index (κ3) is 4.27. The fourth-order valence-electron chi connectivity index (χ4n) is 2.14. The smallest absolute Gasteiger partial charge is 0.338 e. The predicted molar refractivity (Wildman–Crippen MR) is 90.9 cm³/mol. The minimum Gasteiger partial charge on any atom is -0.494 e. The number of rotatable bonds is 6. The second kappa shape index (κ2) is 7.52. The lowest BCUT2D eigenvalue weighted by molar-refractivity contribution is 0.0526. The Kier molecular flexibility index (Phi) is 5.63. The van der Waals surface area contributed by atoms with E-state index in [0.29, 0.717) is 11.1 Å². The van der Waals surface area contributed by atoms with Crippen LogP contribution in [0.3, 0.4) is 0 Å². The standard InChI is InChI=1S/C17H18FNO5S/c1-4-24-17(20)12-5-7-15(11(2)9-12)19-25(21,22)13-6-8-16(23-3)14(18)10-13/h5-10,19H,4H2,1-3H3. The van der Waals surface area contributed by atoms with Crippen molar-refractivity contribution < 1.29 is 27.1 Å². The van der Waals surface area contributed by atoms with Crippen molar-refractivity contribution in [1.82, 2.24) is 0 Å². The molecule has 2 aromatic rings. The fourth-order valence-corrected chi connectivity index (χ4v) is 3.28. The van der Waals surface area contributed by atoms with Crippen LogP contribution < -0.4 is 9.46 Å². The number of halogens is 1. The number of methoxy groups -OCH3 is 1. The molecule has 8 heteroatoms. The molecule has 0 aromatic heterocycles. The van der Waals surface area contributed by atoms with Crippen molar-refractivity contribution in [2.24, 2.45) is 0 Å². The van der Waals surface area contributed by atoms with Gasteiger partial charge < -0.3 is 9.47 Å². The van der Waals surface area contributed by atoms with Gasteiger partial charge in [-0.25, -0.2) is 17.6 Å². The van der Waals surface area contributed by atoms with Crippen LogP contribution >= 0.6 is 0 Å². The van der Waals surface area contributed by atoms with E-state index in [2.05, 4.69) is 4.72 Å². The van der Waals surface area contributed by atoms with E-state index in [1.54, 1.807) is 13.8 Å². The Labute approximate surface area is 145 Å². The number of anilines is 1. The first-order valence-electron chi connectivity index (χ1n) is 7.42. The van der Waals surface area contributed by atoms with Crippen LogP contribution in [0.5, 0.6) is 5.75 Å². The Morgan fingerprint density at radius 2 is 1.92 bits per heavy atom. The molecule has 0 aliphatic heterocycles. The van der Waals surface area contributed by atoms with Gasteiger partial charge in [0.1, 0.15) is 0 Å². The number of sulfonamides is 1. The van der Waals surface area contributed by atoms with Crippen molar-refractivity contribution in [3.63, 3.8) is 0 Å². The van der Waals surface area contributed by atoms with Crippen LogP contribution in [0.4, 0.5) is 10.1 Å². The van der Waals surface area contributed by atoms with Crippen LogP contribution in [0.2, 0.25) is 0 Å². The second-order valence-corrected chi connectivity index (χ2v) is 6.83. The predicted octanol–water partition coefficient (Wildman–Crippen LogP) is 3.12. The summed E-state index contributed by atoms with van der Waals surface area (Å²) in [6.07, 6.45) is 0. The normalized spacial score (nSPS) is 11.0. The third-order valence-electron chi connectivity index (χ3n) is 3.42. The van der Waals surface area contributed by atoms with Crippen LogP contribution in [0.25, 0.3) is 0 Å². The first-order valence-corrected chi connectivity index (χ1v) is 8.91. The number of aryl methyl sites for hydroxylation is 1. The van der Waals surface area contributed by atoms with Gasteiger partial charge in [-0.05, 0) is 55.8 Å². The second-order valence-electron chi connectivity index (χ2n) is 5.15. The van der Waals surface area contributed by atoms with Gasteiger partial charge in [0.05, 0.1) is 29.9 Å². The van der Waals surface area contributed by atoms with Gasteiger partial charge >= 0.3 is 5.97 Å². The van der Waals surface area contributed by atoms with E-state index in [1.165, 1.54) is 37.4 Å². The number of benzene rings is 2. The van der Waals surface area contributed by atoms with Gasteiger partial charge in [0.15, 0.2) is 11.6 Å². The minimum absolute atomic E-state index is 0.0473. The summed E-state index contributed by atoms with van der Waals surface area (Å²) >= 11 is 0. The largest absolute Gasteiger partial charge is 0.494 e. The van der Waals surface area contributed by atoms with Crippen LogP contribution in [-0.2, 0) is 14.8 Å². The van der Waals surface area contributed by atoms with E-state index < -0.39 is 21.8 Å². The van der Waals surface area contributed by atoms with Gasteiger partial charge in [-0.15, -0.1) is 0 Å². The molecule has 25 heavy (non-hydrogen) atoms. The first kappa shape index (κ1) is 18.7. The SMILES string of the molecule is CCOC(=O)c1ccc(NS(=O)(=O)c2ccc(OC)c(F)c2)c(C)c1. The Bertz CT molecular complexity index is 896. The zero-order valence-electron chi connectivity index (χ0n) is 14.0. The van der Waals surface area contributed by atoms with Crippen LogP contribution in [0.15, 0.2) is 41.3 Å². The summed E-state index contributed by atoms with van der Waals surface area (Å²) in [6.45, 7) is 3.59. The summed E-state index contributed by atoms with van der Waals surface area (Å²) in [5, 5.41) is 0. The Hall–Kier alpha value is -2.61. The molecule has 0 aliphatic carbocycles. The maximum atomic E-state index is 13.7. The zero-order valence-corrected chi connectivity index (χ0v) is 14.8. The Morgan fingerprint density at radius 3 is 2.48 bits per heavy atom. The van der Waals surface area contributed by atoms with Crippen LogP contribution in [0.1, 0.15) is 22.8 Å². The average molecular weight is 367 g/mol. The van der Waals surface area contributed by atoms with Crippen molar-refractivity contribution in [3.05, 3.63) is 53.3 Å². The average Bonchev–Trinajstić information content (AvgIpc) is 2.56.